The molecule has 2 atom stereocenters. The van der Waals surface area contributed by atoms with Crippen molar-refractivity contribution in [3.63, 3.8) is 0 Å². The van der Waals surface area contributed by atoms with Crippen LogP contribution in [-0.4, -0.2) is 40.7 Å². The first-order chi connectivity index (χ1) is 16.6. The van der Waals surface area contributed by atoms with Gasteiger partial charge in [-0.2, -0.15) is 8.78 Å². The maximum Gasteiger partial charge on any atom is 0.303 e. The molecular formula is C26H29F3N4O3. The van der Waals surface area contributed by atoms with Gasteiger partial charge in [-0.25, -0.2) is 14.4 Å². The molecule has 2 heterocycles. The number of fused-ring (bicyclic) bond motifs is 2. The second-order valence-corrected chi connectivity index (χ2v) is 9.82. The van der Waals surface area contributed by atoms with E-state index < -0.39 is 34.5 Å². The monoisotopic (exact) mass is 502 g/mol. The zero-order valence-corrected chi connectivity index (χ0v) is 21.2. The molecule has 2 N–H and O–H groups in total. The normalized spacial score (nSPS) is 19.1. The summed E-state index contributed by atoms with van der Waals surface area (Å²) in [5, 5.41) is 13.6. The van der Waals surface area contributed by atoms with E-state index in [1.807, 2.05) is 0 Å². The van der Waals surface area contributed by atoms with Gasteiger partial charge in [0.2, 0.25) is 0 Å². The number of hydrogen-bond acceptors (Lipinski definition) is 6. The Bertz CT molecular complexity index is 1370. The highest BCUT2D eigenvalue weighted by Gasteiger charge is 2.49. The van der Waals surface area contributed by atoms with Crippen LogP contribution in [0.25, 0.3) is 10.9 Å². The summed E-state index contributed by atoms with van der Waals surface area (Å²) in [5.41, 5.74) is -2.72. The van der Waals surface area contributed by atoms with Crippen LogP contribution < -0.4 is 10.2 Å². The van der Waals surface area contributed by atoms with Crippen LogP contribution in [0.4, 0.5) is 24.7 Å². The van der Waals surface area contributed by atoms with E-state index in [1.54, 1.807) is 40.0 Å². The highest BCUT2D eigenvalue weighted by atomic mass is 19.3. The second-order valence-electron chi connectivity index (χ2n) is 9.82. The molecule has 10 heteroatoms. The zero-order chi connectivity index (χ0) is 26.8. The number of likely N-dealkylation sites (N-methyl/N-ethyl adjacent to an activating group) is 1. The van der Waals surface area contributed by atoms with Gasteiger partial charge in [0.15, 0.2) is 5.60 Å². The number of aromatic nitrogens is 2. The summed E-state index contributed by atoms with van der Waals surface area (Å²) in [6.07, 6.45) is 0. The molecule has 2 aromatic carbocycles. The van der Waals surface area contributed by atoms with Gasteiger partial charge in [0, 0.05) is 30.7 Å². The van der Waals surface area contributed by atoms with Crippen molar-refractivity contribution in [2.24, 2.45) is 0 Å². The number of benzene rings is 2. The lowest BCUT2D eigenvalue weighted by molar-refractivity contribution is -0.170. The second kappa shape index (κ2) is 8.41. The summed E-state index contributed by atoms with van der Waals surface area (Å²) in [5.74, 6) is -4.36. The van der Waals surface area contributed by atoms with Crippen molar-refractivity contribution in [1.82, 2.24) is 9.97 Å². The minimum absolute atomic E-state index is 0.0151. The number of nitrogens with one attached hydrogen (secondary N) is 1. The molecule has 0 aliphatic carbocycles. The van der Waals surface area contributed by atoms with Gasteiger partial charge >= 0.3 is 5.92 Å². The van der Waals surface area contributed by atoms with Gasteiger partial charge in [-0.3, -0.25) is 4.79 Å². The van der Waals surface area contributed by atoms with Crippen molar-refractivity contribution < 1.29 is 27.8 Å². The Balaban J connectivity index is 1.81. The fourth-order valence-corrected chi connectivity index (χ4v) is 4.53. The highest BCUT2D eigenvalue weighted by Crippen LogP contribution is 2.45. The summed E-state index contributed by atoms with van der Waals surface area (Å²) < 4.78 is 50.5. The number of nitrogens with zero attached hydrogens (tertiary/aromatic N) is 3. The van der Waals surface area contributed by atoms with E-state index >= 15 is 4.39 Å². The summed E-state index contributed by atoms with van der Waals surface area (Å²) in [6, 6.07) is 6.46. The fraction of sp³-hybridized carbons (Fsp3) is 0.423. The lowest BCUT2D eigenvalue weighted by Crippen LogP contribution is -2.41. The molecule has 192 valence electrons. The molecule has 7 nitrogen and oxygen atoms in total. The van der Waals surface area contributed by atoms with Crippen LogP contribution in [0.1, 0.15) is 56.3 Å². The lowest BCUT2D eigenvalue weighted by atomic mass is 9.91. The predicted molar refractivity (Wildman–Crippen MR) is 131 cm³/mol. The standard InChI is InChI=1S/C26H29F3N4O3/c1-13(15-9-8-10-17(21(15)27)26(28,29)24(3,4)35)30-22-16-11-18-20(12-19(16)31-14(2)32-22)33(6)23(34)25(18,5)36-7/h8-13,35H,1-7H3,(H,30,31,32). The van der Waals surface area contributed by atoms with Crippen LogP contribution >= 0.6 is 0 Å². The van der Waals surface area contributed by atoms with Crippen LogP contribution in [0.2, 0.25) is 0 Å². The number of anilines is 2. The number of methoxy groups -OCH3 is 1. The Labute approximate surface area is 207 Å². The molecule has 4 rings (SSSR count). The van der Waals surface area contributed by atoms with Gasteiger partial charge < -0.3 is 20.1 Å². The number of alkyl halides is 2. The smallest absolute Gasteiger partial charge is 0.303 e. The quantitative estimate of drug-likeness (QED) is 0.496. The van der Waals surface area contributed by atoms with Gasteiger partial charge in [-0.15, -0.1) is 0 Å². The third-order valence-electron chi connectivity index (χ3n) is 6.88. The Morgan fingerprint density at radius 1 is 1.22 bits per heavy atom. The number of carbonyl (C=O) groups excluding carboxylic acids is 1. The molecule has 1 aliphatic heterocycles. The molecule has 0 fully saturated rings. The van der Waals surface area contributed by atoms with E-state index in [1.165, 1.54) is 24.1 Å². The number of aryl methyl sites for hydroxylation is 1. The third kappa shape index (κ3) is 3.79. The number of hydrogen-bond donors (Lipinski definition) is 2. The van der Waals surface area contributed by atoms with Crippen LogP contribution in [-0.2, 0) is 21.1 Å². The Morgan fingerprint density at radius 2 is 1.89 bits per heavy atom. The number of amides is 1. The largest absolute Gasteiger partial charge is 0.384 e. The van der Waals surface area contributed by atoms with Crippen molar-refractivity contribution in [3.8, 4) is 0 Å². The van der Waals surface area contributed by atoms with Gasteiger partial charge in [-0.05, 0) is 52.8 Å². The molecule has 0 spiro atoms. The summed E-state index contributed by atoms with van der Waals surface area (Å²) in [4.78, 5) is 23.3. The Morgan fingerprint density at radius 3 is 2.50 bits per heavy atom. The maximum absolute atomic E-state index is 15.3. The van der Waals surface area contributed by atoms with E-state index in [4.69, 9.17) is 4.74 Å². The first kappa shape index (κ1) is 25.8. The average Bonchev–Trinajstić information content (AvgIpc) is 2.98. The van der Waals surface area contributed by atoms with Crippen molar-refractivity contribution in [2.75, 3.05) is 24.4 Å². The molecule has 0 radical (unpaired) electrons. The highest BCUT2D eigenvalue weighted by molar-refractivity contribution is 6.09. The third-order valence-corrected chi connectivity index (χ3v) is 6.88. The first-order valence-electron chi connectivity index (χ1n) is 11.4. The molecule has 2 unspecified atom stereocenters. The molecule has 0 saturated heterocycles. The first-order valence-corrected chi connectivity index (χ1v) is 11.4. The predicted octanol–water partition coefficient (Wildman–Crippen LogP) is 4.95. The number of rotatable bonds is 6. The van der Waals surface area contributed by atoms with Crippen molar-refractivity contribution in [1.29, 1.82) is 0 Å². The molecule has 36 heavy (non-hydrogen) atoms. The summed E-state index contributed by atoms with van der Waals surface area (Å²) in [7, 11) is 3.11. The van der Waals surface area contributed by atoms with E-state index in [-0.39, 0.29) is 11.5 Å². The van der Waals surface area contributed by atoms with Crippen LogP contribution in [0.3, 0.4) is 0 Å². The SMILES string of the molecule is COC1(C)C(=O)N(C)c2cc3nc(C)nc(NC(C)c4cccc(C(F)(F)C(C)(C)O)c4F)c3cc21. The van der Waals surface area contributed by atoms with Crippen LogP contribution in [0.5, 0.6) is 0 Å². The number of aliphatic hydroxyl groups is 1. The van der Waals surface area contributed by atoms with E-state index in [0.717, 1.165) is 19.9 Å². The number of halogens is 3. The molecule has 1 aliphatic rings. The summed E-state index contributed by atoms with van der Waals surface area (Å²) >= 11 is 0. The molecule has 0 saturated carbocycles. The molecule has 0 bridgehead atoms. The average molecular weight is 503 g/mol. The lowest BCUT2D eigenvalue weighted by Gasteiger charge is -2.30. The minimum Gasteiger partial charge on any atom is -0.384 e. The summed E-state index contributed by atoms with van der Waals surface area (Å²) in [6.45, 7) is 6.87. The van der Waals surface area contributed by atoms with Crippen molar-refractivity contribution >= 4 is 28.3 Å². The molecule has 3 aromatic rings. The maximum atomic E-state index is 15.3. The number of ether oxygens (including phenoxy) is 1. The van der Waals surface area contributed by atoms with Crippen LogP contribution in [0.15, 0.2) is 30.3 Å². The molecule has 1 aromatic heterocycles. The zero-order valence-electron chi connectivity index (χ0n) is 21.2. The van der Waals surface area contributed by atoms with Crippen molar-refractivity contribution in [2.45, 2.75) is 57.8 Å². The van der Waals surface area contributed by atoms with E-state index in [0.29, 0.717) is 33.8 Å². The fourth-order valence-electron chi connectivity index (χ4n) is 4.53. The van der Waals surface area contributed by atoms with E-state index in [2.05, 4.69) is 15.3 Å². The molecule has 1 amide bonds. The number of carbonyl (C=O) groups is 1. The minimum atomic E-state index is -3.81. The molecular weight excluding hydrogens is 473 g/mol. The Hall–Kier alpha value is -3.24. The topological polar surface area (TPSA) is 87.6 Å². The van der Waals surface area contributed by atoms with Gasteiger partial charge in [-0.1, -0.05) is 12.1 Å². The van der Waals surface area contributed by atoms with Gasteiger partial charge in [0.1, 0.15) is 23.1 Å². The Kier molecular flexibility index (Phi) is 6.04. The van der Waals surface area contributed by atoms with Crippen molar-refractivity contribution in [3.05, 3.63) is 58.7 Å². The van der Waals surface area contributed by atoms with Crippen LogP contribution in [0, 0.1) is 12.7 Å². The van der Waals surface area contributed by atoms with Gasteiger partial charge in [0.25, 0.3) is 5.91 Å². The van der Waals surface area contributed by atoms with E-state index in [9.17, 15) is 18.7 Å². The van der Waals surface area contributed by atoms with Gasteiger partial charge in [0.05, 0.1) is 22.8 Å².